The van der Waals surface area contributed by atoms with Crippen LogP contribution in [0, 0.1) is 6.92 Å². The van der Waals surface area contributed by atoms with Crippen molar-refractivity contribution >= 4 is 12.9 Å². The van der Waals surface area contributed by atoms with Gasteiger partial charge in [-0.2, -0.15) is 0 Å². The van der Waals surface area contributed by atoms with E-state index in [1.807, 2.05) is 55.5 Å². The highest BCUT2D eigenvalue weighted by Crippen LogP contribution is 2.46. The fourth-order valence-corrected chi connectivity index (χ4v) is 3.56. The van der Waals surface area contributed by atoms with Crippen molar-refractivity contribution < 1.29 is 14.0 Å². The highest BCUT2D eigenvalue weighted by atomic mass is 31.2. The lowest BCUT2D eigenvalue weighted by Crippen LogP contribution is -2.09. The van der Waals surface area contributed by atoms with E-state index in [1.54, 1.807) is 30.3 Å². The Labute approximate surface area is 135 Å². The second kappa shape index (κ2) is 6.41. The predicted octanol–water partition coefficient (Wildman–Crippen LogP) is 4.55. The van der Waals surface area contributed by atoms with Gasteiger partial charge < -0.3 is 9.42 Å². The van der Waals surface area contributed by atoms with Crippen molar-refractivity contribution in [2.75, 3.05) is 0 Å². The molecule has 1 unspecified atom stereocenters. The molecule has 0 saturated heterocycles. The summed E-state index contributed by atoms with van der Waals surface area (Å²) in [5.74, 6) is 0.438. The van der Waals surface area contributed by atoms with Gasteiger partial charge in [-0.25, -0.2) is 4.57 Å². The highest BCUT2D eigenvalue weighted by Gasteiger charge is 2.26. The van der Waals surface area contributed by atoms with Crippen molar-refractivity contribution in [1.29, 1.82) is 0 Å². The molecular formula is C19H17O3P. The van der Waals surface area contributed by atoms with Crippen molar-refractivity contribution in [2.45, 2.75) is 6.92 Å². The molecule has 1 atom stereocenters. The van der Waals surface area contributed by atoms with E-state index in [2.05, 4.69) is 0 Å². The van der Waals surface area contributed by atoms with Gasteiger partial charge in [0.2, 0.25) is 0 Å². The van der Waals surface area contributed by atoms with E-state index in [9.17, 15) is 9.46 Å². The molecule has 0 aliphatic carbocycles. The zero-order valence-electron chi connectivity index (χ0n) is 12.7. The SMILES string of the molecule is Cc1cccc(-c2ccccc2)c1OP(=O)(O)c1ccccc1. The third-order valence-corrected chi connectivity index (χ3v) is 4.97. The van der Waals surface area contributed by atoms with Gasteiger partial charge in [0.1, 0.15) is 5.75 Å². The number of rotatable bonds is 4. The molecule has 116 valence electrons. The van der Waals surface area contributed by atoms with Gasteiger partial charge >= 0.3 is 7.60 Å². The van der Waals surface area contributed by atoms with Gasteiger partial charge in [0.05, 0.1) is 5.30 Å². The van der Waals surface area contributed by atoms with Crippen molar-refractivity contribution in [3.8, 4) is 16.9 Å². The summed E-state index contributed by atoms with van der Waals surface area (Å²) in [6.45, 7) is 1.87. The summed E-state index contributed by atoms with van der Waals surface area (Å²) in [5, 5.41) is 0.280. The van der Waals surface area contributed by atoms with Crippen LogP contribution < -0.4 is 9.83 Å². The van der Waals surface area contributed by atoms with Gasteiger partial charge in [-0.15, -0.1) is 0 Å². The first-order valence-corrected chi connectivity index (χ1v) is 8.89. The van der Waals surface area contributed by atoms with E-state index in [0.717, 1.165) is 16.7 Å². The maximum absolute atomic E-state index is 12.7. The summed E-state index contributed by atoms with van der Waals surface area (Å²) in [6, 6.07) is 23.8. The minimum Gasteiger partial charge on any atom is -0.420 e. The van der Waals surface area contributed by atoms with Gasteiger partial charge in [0.25, 0.3) is 0 Å². The van der Waals surface area contributed by atoms with Crippen molar-refractivity contribution in [2.24, 2.45) is 0 Å². The zero-order chi connectivity index (χ0) is 16.3. The number of benzene rings is 3. The maximum atomic E-state index is 12.7. The summed E-state index contributed by atoms with van der Waals surface area (Å²) in [7, 11) is -3.94. The minimum absolute atomic E-state index is 0.280. The van der Waals surface area contributed by atoms with Crippen LogP contribution in [-0.4, -0.2) is 4.89 Å². The molecule has 0 aliphatic heterocycles. The third kappa shape index (κ3) is 3.37. The molecule has 1 N–H and O–H groups in total. The Kier molecular flexibility index (Phi) is 4.33. The van der Waals surface area contributed by atoms with Crippen LogP contribution >= 0.6 is 7.60 Å². The highest BCUT2D eigenvalue weighted by molar-refractivity contribution is 7.61. The molecule has 3 aromatic carbocycles. The predicted molar refractivity (Wildman–Crippen MR) is 93.1 cm³/mol. The van der Waals surface area contributed by atoms with Crippen LogP contribution in [0.3, 0.4) is 0 Å². The first-order valence-electron chi connectivity index (χ1n) is 7.31. The lowest BCUT2D eigenvalue weighted by molar-refractivity contribution is 0.393. The monoisotopic (exact) mass is 324 g/mol. The zero-order valence-corrected chi connectivity index (χ0v) is 13.6. The normalized spacial score (nSPS) is 13.3. The Bertz CT molecular complexity index is 845. The van der Waals surface area contributed by atoms with Crippen molar-refractivity contribution in [3.05, 3.63) is 84.4 Å². The standard InChI is InChI=1S/C19H17O3P/c1-15-9-8-14-18(16-10-4-2-5-11-16)19(15)22-23(20,21)17-12-6-3-7-13-17/h2-14H,1H3,(H,20,21). The number of hydrogen-bond donors (Lipinski definition) is 1. The van der Waals surface area contributed by atoms with Crippen molar-refractivity contribution in [3.63, 3.8) is 0 Å². The smallest absolute Gasteiger partial charge is 0.408 e. The molecule has 23 heavy (non-hydrogen) atoms. The molecule has 0 radical (unpaired) electrons. The molecule has 0 saturated carbocycles. The Hall–Kier alpha value is -2.35. The molecule has 0 amide bonds. The lowest BCUT2D eigenvalue weighted by Gasteiger charge is -2.18. The number of hydrogen-bond acceptors (Lipinski definition) is 2. The lowest BCUT2D eigenvalue weighted by atomic mass is 10.0. The molecule has 0 fully saturated rings. The fraction of sp³-hybridized carbons (Fsp3) is 0.0526. The van der Waals surface area contributed by atoms with Gasteiger partial charge in [-0.1, -0.05) is 66.7 Å². The van der Waals surface area contributed by atoms with E-state index in [-0.39, 0.29) is 5.30 Å². The van der Waals surface area contributed by atoms with Crippen molar-refractivity contribution in [1.82, 2.24) is 0 Å². The third-order valence-electron chi connectivity index (χ3n) is 3.59. The molecule has 0 heterocycles. The van der Waals surface area contributed by atoms with Gasteiger partial charge in [0.15, 0.2) is 0 Å². The Morgan fingerprint density at radius 3 is 2.09 bits per heavy atom. The summed E-state index contributed by atoms with van der Waals surface area (Å²) >= 11 is 0. The van der Waals surface area contributed by atoms with Crippen LogP contribution in [0.15, 0.2) is 78.9 Å². The second-order valence-electron chi connectivity index (χ2n) is 5.26. The largest absolute Gasteiger partial charge is 0.420 e. The molecular weight excluding hydrogens is 307 g/mol. The summed E-state index contributed by atoms with van der Waals surface area (Å²) < 4.78 is 18.3. The molecule has 0 aliphatic rings. The first-order chi connectivity index (χ1) is 11.1. The van der Waals surface area contributed by atoms with Crippen LogP contribution in [-0.2, 0) is 4.57 Å². The number of aryl methyl sites for hydroxylation is 1. The average Bonchev–Trinajstić information content (AvgIpc) is 2.58. The number of para-hydroxylation sites is 1. The maximum Gasteiger partial charge on any atom is 0.408 e. The Balaban J connectivity index is 2.06. The van der Waals surface area contributed by atoms with E-state index in [0.29, 0.717) is 5.75 Å². The minimum atomic E-state index is -3.94. The Morgan fingerprint density at radius 2 is 1.43 bits per heavy atom. The molecule has 3 nitrogen and oxygen atoms in total. The van der Waals surface area contributed by atoms with Crippen LogP contribution in [0.25, 0.3) is 11.1 Å². The molecule has 0 bridgehead atoms. The first kappa shape index (κ1) is 15.5. The topological polar surface area (TPSA) is 46.5 Å². The van der Waals surface area contributed by atoms with Crippen LogP contribution in [0.2, 0.25) is 0 Å². The summed E-state index contributed by atoms with van der Waals surface area (Å²) in [5.41, 5.74) is 2.56. The molecule has 3 aromatic rings. The average molecular weight is 324 g/mol. The van der Waals surface area contributed by atoms with E-state index in [1.165, 1.54) is 0 Å². The summed E-state index contributed by atoms with van der Waals surface area (Å²) in [4.78, 5) is 10.4. The quantitative estimate of drug-likeness (QED) is 0.716. The van der Waals surface area contributed by atoms with E-state index >= 15 is 0 Å². The molecule has 3 rings (SSSR count). The fourth-order valence-electron chi connectivity index (χ4n) is 2.41. The van der Waals surface area contributed by atoms with Crippen LogP contribution in [0.4, 0.5) is 0 Å². The van der Waals surface area contributed by atoms with Gasteiger partial charge in [-0.05, 0) is 30.2 Å². The molecule has 0 spiro atoms. The van der Waals surface area contributed by atoms with E-state index in [4.69, 9.17) is 4.52 Å². The summed E-state index contributed by atoms with van der Waals surface area (Å²) in [6.07, 6.45) is 0. The van der Waals surface area contributed by atoms with Gasteiger partial charge in [-0.3, -0.25) is 0 Å². The molecule has 0 aromatic heterocycles. The molecule has 4 heteroatoms. The second-order valence-corrected chi connectivity index (χ2v) is 7.00. The van der Waals surface area contributed by atoms with E-state index < -0.39 is 7.60 Å². The Morgan fingerprint density at radius 1 is 0.826 bits per heavy atom. The van der Waals surface area contributed by atoms with Gasteiger partial charge in [0, 0.05) is 5.56 Å². The van der Waals surface area contributed by atoms with Crippen LogP contribution in [0.5, 0.6) is 5.75 Å². The van der Waals surface area contributed by atoms with Crippen LogP contribution in [0.1, 0.15) is 5.56 Å².